The van der Waals surface area contributed by atoms with E-state index < -0.39 is 41.4 Å². The normalized spacial score (nSPS) is 18.4. The highest BCUT2D eigenvalue weighted by Gasteiger charge is 2.40. The fraction of sp³-hybridized carbons (Fsp3) is 0.429. The van der Waals surface area contributed by atoms with Gasteiger partial charge in [0, 0.05) is 12.1 Å². The molecule has 0 radical (unpaired) electrons. The van der Waals surface area contributed by atoms with Crippen LogP contribution in [0.1, 0.15) is 71.1 Å². The van der Waals surface area contributed by atoms with Crippen molar-refractivity contribution in [2.75, 3.05) is 6.54 Å². The third kappa shape index (κ3) is 9.55. The molecule has 0 aliphatic carbocycles. The number of carbonyl (C=O) groups is 2. The highest BCUT2D eigenvalue weighted by molar-refractivity contribution is 6.03. The molecule has 0 spiro atoms. The molecule has 0 saturated carbocycles. The second-order valence-electron chi connectivity index (χ2n) is 13.8. The van der Waals surface area contributed by atoms with Gasteiger partial charge in [-0.15, -0.1) is 4.99 Å². The number of oxime groups is 1. The topological polar surface area (TPSA) is 123 Å². The Kier molecular flexibility index (Phi) is 9.97. The molecular weight excluding hydrogens is 643 g/mol. The Morgan fingerprint density at radius 2 is 1.63 bits per heavy atom. The maximum atomic E-state index is 12.9. The average Bonchev–Trinajstić information content (AvgIpc) is 3.68. The molecule has 3 aromatic carbocycles. The van der Waals surface area contributed by atoms with E-state index in [4.69, 9.17) is 19.0 Å². The van der Waals surface area contributed by atoms with Crippen LogP contribution in [0.4, 0.5) is 22.8 Å². The second kappa shape index (κ2) is 13.8. The highest BCUT2D eigenvalue weighted by atomic mass is 19.4. The number of likely N-dealkylation sites (tertiary alicyclic amines) is 1. The van der Waals surface area contributed by atoms with Gasteiger partial charge in [0.2, 0.25) is 12.2 Å². The number of fused-ring (bicyclic) bond motifs is 1. The molecule has 2 N–H and O–H groups in total. The van der Waals surface area contributed by atoms with Crippen molar-refractivity contribution in [1.29, 1.82) is 0 Å². The smallest absolute Gasteiger partial charge is 0.437 e. The summed E-state index contributed by atoms with van der Waals surface area (Å²) in [6.07, 6.45) is -5.21. The Labute approximate surface area is 282 Å². The predicted molar refractivity (Wildman–Crippen MR) is 177 cm³/mol. The Hall–Kier alpha value is -5.01. The number of aliphatic imine (C=N–C) groups is 1. The third-order valence-corrected chi connectivity index (χ3v) is 7.43. The molecule has 2 unspecified atom stereocenters. The van der Waals surface area contributed by atoms with Crippen LogP contribution in [0, 0.1) is 0 Å². The summed E-state index contributed by atoms with van der Waals surface area (Å²) in [4.78, 5) is 37.1. The lowest BCUT2D eigenvalue weighted by Crippen LogP contribution is -2.54. The van der Waals surface area contributed by atoms with Crippen LogP contribution in [0.25, 0.3) is 10.8 Å². The van der Waals surface area contributed by atoms with E-state index >= 15 is 0 Å². The van der Waals surface area contributed by atoms with Gasteiger partial charge in [0.1, 0.15) is 23.6 Å². The second-order valence-corrected chi connectivity index (χ2v) is 13.8. The minimum absolute atomic E-state index is 0.00750. The maximum absolute atomic E-state index is 12.9. The number of alkyl carbamates (subject to hydrolysis) is 1. The van der Waals surface area contributed by atoms with Gasteiger partial charge in [-0.25, -0.2) is 9.59 Å². The molecule has 49 heavy (non-hydrogen) atoms. The Morgan fingerprint density at radius 1 is 0.959 bits per heavy atom. The third-order valence-electron chi connectivity index (χ3n) is 7.43. The SMILES string of the molecule is CC(C)(C)OC(=O)N=C(NC(=O)OC(C)(C)C)N1CCCC1C1NC(c2ccc3cc(OCc4ccc(C(F)(F)F)cc4)ccc3c2)=NO1. The number of guanidine groups is 1. The van der Waals surface area contributed by atoms with E-state index in [2.05, 4.69) is 20.8 Å². The molecule has 2 aliphatic heterocycles. The number of hydrogen-bond acceptors (Lipinski definition) is 8. The lowest BCUT2D eigenvalue weighted by atomic mass is 10.1. The van der Waals surface area contributed by atoms with Crippen LogP contribution in [0.2, 0.25) is 0 Å². The number of ether oxygens (including phenoxy) is 3. The van der Waals surface area contributed by atoms with Gasteiger partial charge in [-0.2, -0.15) is 13.2 Å². The minimum atomic E-state index is -4.39. The number of halogens is 3. The summed E-state index contributed by atoms with van der Waals surface area (Å²) in [7, 11) is 0. The largest absolute Gasteiger partial charge is 0.489 e. The Bertz CT molecular complexity index is 1750. The first-order valence-electron chi connectivity index (χ1n) is 15.9. The first-order valence-corrected chi connectivity index (χ1v) is 15.9. The highest BCUT2D eigenvalue weighted by Crippen LogP contribution is 2.30. The number of hydrogen-bond donors (Lipinski definition) is 2. The van der Waals surface area contributed by atoms with E-state index in [1.807, 2.05) is 30.3 Å². The maximum Gasteiger partial charge on any atom is 0.437 e. The van der Waals surface area contributed by atoms with Gasteiger partial charge in [-0.3, -0.25) is 5.32 Å². The summed E-state index contributed by atoms with van der Waals surface area (Å²) in [5, 5.41) is 12.0. The Morgan fingerprint density at radius 3 is 2.31 bits per heavy atom. The van der Waals surface area contributed by atoms with Crippen LogP contribution in [0.5, 0.6) is 5.75 Å². The van der Waals surface area contributed by atoms with Crippen molar-refractivity contribution >= 4 is 34.8 Å². The summed E-state index contributed by atoms with van der Waals surface area (Å²) >= 11 is 0. The van der Waals surface area contributed by atoms with Gasteiger partial charge in [-0.05, 0) is 101 Å². The first-order chi connectivity index (χ1) is 22.9. The number of benzene rings is 3. The van der Waals surface area contributed by atoms with Crippen molar-refractivity contribution < 1.29 is 41.8 Å². The van der Waals surface area contributed by atoms with Crippen molar-refractivity contribution in [3.05, 3.63) is 77.4 Å². The number of rotatable bonds is 5. The molecule has 3 aromatic rings. The molecule has 2 atom stereocenters. The molecule has 2 amide bonds. The molecule has 262 valence electrons. The van der Waals surface area contributed by atoms with Crippen LogP contribution in [-0.2, 0) is 27.1 Å². The monoisotopic (exact) mass is 683 g/mol. The van der Waals surface area contributed by atoms with Crippen LogP contribution < -0.4 is 15.4 Å². The summed E-state index contributed by atoms with van der Waals surface area (Å²) in [5.41, 5.74) is -0.872. The number of amidine groups is 1. The standard InChI is InChI=1S/C35H40F3N5O6/c1-33(2,3)47-31(44)40-30(41-32(45)48-34(4,5)6)43-17-7-8-27(43)29-39-28(42-49-29)24-12-11-23-19-26(16-13-22(23)18-24)46-20-21-9-14-25(15-10-21)35(36,37)38/h9-16,18-19,27,29H,7-8,17,20H2,1-6H3,(H,39,42)(H,40,41,44,45). The Balaban J connectivity index is 1.25. The first kappa shape index (κ1) is 35.3. The summed E-state index contributed by atoms with van der Waals surface area (Å²) in [5.74, 6) is 1.07. The number of alkyl halides is 3. The lowest BCUT2D eigenvalue weighted by molar-refractivity contribution is -0.137. The minimum Gasteiger partial charge on any atom is -0.489 e. The average molecular weight is 684 g/mol. The van der Waals surface area contributed by atoms with Crippen LogP contribution >= 0.6 is 0 Å². The van der Waals surface area contributed by atoms with Crippen molar-refractivity contribution in [1.82, 2.24) is 15.5 Å². The van der Waals surface area contributed by atoms with Crippen LogP contribution in [0.15, 0.2) is 70.8 Å². The van der Waals surface area contributed by atoms with E-state index in [0.29, 0.717) is 30.1 Å². The molecule has 0 bridgehead atoms. The fourth-order valence-electron chi connectivity index (χ4n) is 5.32. The lowest BCUT2D eigenvalue weighted by Gasteiger charge is -2.31. The van der Waals surface area contributed by atoms with Gasteiger partial charge >= 0.3 is 18.4 Å². The molecule has 2 aliphatic rings. The van der Waals surface area contributed by atoms with E-state index in [1.165, 1.54) is 12.1 Å². The predicted octanol–water partition coefficient (Wildman–Crippen LogP) is 7.33. The van der Waals surface area contributed by atoms with Gasteiger partial charge in [0.25, 0.3) is 0 Å². The van der Waals surface area contributed by atoms with Gasteiger partial charge < -0.3 is 29.3 Å². The van der Waals surface area contributed by atoms with Crippen molar-refractivity contribution in [3.63, 3.8) is 0 Å². The molecule has 1 saturated heterocycles. The van der Waals surface area contributed by atoms with Crippen LogP contribution in [0.3, 0.4) is 0 Å². The van der Waals surface area contributed by atoms with Gasteiger partial charge in [0.05, 0.1) is 11.6 Å². The molecule has 1 fully saturated rings. The molecular formula is C35H40F3N5O6. The van der Waals surface area contributed by atoms with Crippen molar-refractivity contribution in [3.8, 4) is 5.75 Å². The molecule has 11 nitrogen and oxygen atoms in total. The quantitative estimate of drug-likeness (QED) is 0.212. The number of carbonyl (C=O) groups excluding carboxylic acids is 2. The number of nitrogens with one attached hydrogen (secondary N) is 2. The van der Waals surface area contributed by atoms with Crippen molar-refractivity contribution in [2.24, 2.45) is 10.1 Å². The molecule has 0 aromatic heterocycles. The molecule has 5 rings (SSSR count). The summed E-state index contributed by atoms with van der Waals surface area (Å²) in [6.45, 7) is 11.0. The van der Waals surface area contributed by atoms with E-state index in [-0.39, 0.29) is 18.6 Å². The van der Waals surface area contributed by atoms with Gasteiger partial charge in [-0.1, -0.05) is 35.5 Å². The number of nitrogens with zero attached hydrogens (tertiary/aromatic N) is 3. The van der Waals surface area contributed by atoms with Gasteiger partial charge in [0.15, 0.2) is 5.84 Å². The molecule has 14 heteroatoms. The van der Waals surface area contributed by atoms with E-state index in [1.54, 1.807) is 52.5 Å². The van der Waals surface area contributed by atoms with Crippen molar-refractivity contribution in [2.45, 2.75) is 90.6 Å². The summed E-state index contributed by atoms with van der Waals surface area (Å²) in [6, 6.07) is 15.8. The zero-order valence-electron chi connectivity index (χ0n) is 28.2. The zero-order chi connectivity index (χ0) is 35.6. The van der Waals surface area contributed by atoms with Crippen LogP contribution in [-0.4, -0.2) is 58.9 Å². The molecule has 2 heterocycles. The zero-order valence-corrected chi connectivity index (χ0v) is 28.2. The number of amides is 2. The van der Waals surface area contributed by atoms with E-state index in [0.717, 1.165) is 34.9 Å². The summed E-state index contributed by atoms with van der Waals surface area (Å²) < 4.78 is 55.2. The fourth-order valence-corrected chi connectivity index (χ4v) is 5.32. The van der Waals surface area contributed by atoms with E-state index in [9.17, 15) is 22.8 Å².